The largest absolute Gasteiger partial charge is 0.508 e. The maximum absolute atomic E-state index is 12.4. The molecular weight excluding hydrogens is 300 g/mol. The highest BCUT2D eigenvalue weighted by Gasteiger charge is 2.47. The van der Waals surface area contributed by atoms with E-state index < -0.39 is 6.10 Å². The number of ether oxygens (including phenoxy) is 3. The number of phenols is 2. The molecule has 23 heavy (non-hydrogen) atoms. The van der Waals surface area contributed by atoms with Crippen LogP contribution >= 0.6 is 0 Å². The Hall–Kier alpha value is -2.73. The lowest BCUT2D eigenvalue weighted by Crippen LogP contribution is -2.15. The quantitative estimate of drug-likeness (QED) is 0.667. The third-order valence-electron chi connectivity index (χ3n) is 3.89. The van der Waals surface area contributed by atoms with Gasteiger partial charge in [0.25, 0.3) is 0 Å². The second kappa shape index (κ2) is 5.17. The Morgan fingerprint density at radius 2 is 1.78 bits per heavy atom. The predicted octanol–water partition coefficient (Wildman–Crippen LogP) is 2.19. The van der Waals surface area contributed by atoms with E-state index in [4.69, 9.17) is 14.2 Å². The highest BCUT2D eigenvalue weighted by atomic mass is 16.6. The van der Waals surface area contributed by atoms with Gasteiger partial charge in [0.2, 0.25) is 0 Å². The molecule has 0 spiro atoms. The van der Waals surface area contributed by atoms with Crippen LogP contribution in [0.4, 0.5) is 0 Å². The van der Waals surface area contributed by atoms with Crippen molar-refractivity contribution < 1.29 is 29.2 Å². The van der Waals surface area contributed by atoms with E-state index in [0.29, 0.717) is 24.7 Å². The Morgan fingerprint density at radius 1 is 1.00 bits per heavy atom. The van der Waals surface area contributed by atoms with Gasteiger partial charge in [-0.05, 0) is 29.8 Å². The first-order valence-corrected chi connectivity index (χ1v) is 7.25. The van der Waals surface area contributed by atoms with E-state index in [0.717, 1.165) is 11.6 Å². The first-order valence-electron chi connectivity index (χ1n) is 7.25. The summed E-state index contributed by atoms with van der Waals surface area (Å²) >= 11 is 0. The van der Waals surface area contributed by atoms with Crippen LogP contribution < -0.4 is 9.47 Å². The summed E-state index contributed by atoms with van der Waals surface area (Å²) in [6, 6.07) is 9.31. The van der Waals surface area contributed by atoms with E-state index in [1.807, 2.05) is 12.1 Å². The molecule has 2 N–H and O–H groups in total. The standard InChI is InChI=1S/C17H14O6/c18-10-2-3-11(12(19)8-10)15(20)17-16(23-17)9-1-4-13-14(7-9)22-6-5-21-13/h1-4,7-8,16-19H,5-6H2/t16-,17-/m0/s1. The Labute approximate surface area is 131 Å². The molecule has 2 aliphatic heterocycles. The van der Waals surface area contributed by atoms with E-state index in [1.165, 1.54) is 12.1 Å². The Morgan fingerprint density at radius 3 is 2.57 bits per heavy atom. The number of rotatable bonds is 3. The van der Waals surface area contributed by atoms with Crippen molar-refractivity contribution in [1.82, 2.24) is 0 Å². The molecule has 6 nitrogen and oxygen atoms in total. The zero-order valence-corrected chi connectivity index (χ0v) is 12.1. The van der Waals surface area contributed by atoms with Crippen LogP contribution in [0.15, 0.2) is 36.4 Å². The van der Waals surface area contributed by atoms with E-state index in [2.05, 4.69) is 0 Å². The zero-order valence-electron chi connectivity index (χ0n) is 12.1. The van der Waals surface area contributed by atoms with Gasteiger partial charge in [-0.15, -0.1) is 0 Å². The normalized spacial score (nSPS) is 21.7. The van der Waals surface area contributed by atoms with Gasteiger partial charge in [0.15, 0.2) is 23.4 Å². The van der Waals surface area contributed by atoms with Gasteiger partial charge in [-0.25, -0.2) is 0 Å². The van der Waals surface area contributed by atoms with Crippen LogP contribution in [-0.4, -0.2) is 35.3 Å². The first-order chi connectivity index (χ1) is 11.1. The molecule has 0 unspecified atom stereocenters. The van der Waals surface area contributed by atoms with Gasteiger partial charge in [-0.2, -0.15) is 0 Å². The number of ketones is 1. The van der Waals surface area contributed by atoms with Crippen LogP contribution in [0.5, 0.6) is 23.0 Å². The third-order valence-corrected chi connectivity index (χ3v) is 3.89. The monoisotopic (exact) mass is 314 g/mol. The number of carbonyl (C=O) groups is 1. The maximum Gasteiger partial charge on any atom is 0.198 e. The molecule has 4 rings (SSSR count). The lowest BCUT2D eigenvalue weighted by molar-refractivity contribution is 0.0951. The number of fused-ring (bicyclic) bond motifs is 1. The first kappa shape index (κ1) is 13.9. The number of epoxide rings is 1. The number of phenolic OH excluding ortho intramolecular Hbond substituents is 2. The van der Waals surface area contributed by atoms with Crippen LogP contribution in [0.2, 0.25) is 0 Å². The Bertz CT molecular complexity index is 785. The van der Waals surface area contributed by atoms with Gasteiger partial charge in [-0.3, -0.25) is 4.79 Å². The van der Waals surface area contributed by atoms with Crippen molar-refractivity contribution in [1.29, 1.82) is 0 Å². The molecule has 2 heterocycles. The van der Waals surface area contributed by atoms with Gasteiger partial charge in [0.1, 0.15) is 30.8 Å². The molecule has 0 aliphatic carbocycles. The summed E-state index contributed by atoms with van der Waals surface area (Å²) < 4.78 is 16.5. The summed E-state index contributed by atoms with van der Waals surface area (Å²) in [6.07, 6.45) is -1.01. The van der Waals surface area contributed by atoms with Gasteiger partial charge < -0.3 is 24.4 Å². The zero-order chi connectivity index (χ0) is 16.0. The lowest BCUT2D eigenvalue weighted by atomic mass is 10.0. The summed E-state index contributed by atoms with van der Waals surface area (Å²) in [5.74, 6) is 0.649. The molecular formula is C17H14O6. The fourth-order valence-corrected chi connectivity index (χ4v) is 2.68. The maximum atomic E-state index is 12.4. The molecule has 0 saturated carbocycles. The summed E-state index contributed by atoms with van der Waals surface area (Å²) in [5, 5.41) is 19.1. The van der Waals surface area contributed by atoms with E-state index in [1.54, 1.807) is 6.07 Å². The average Bonchev–Trinajstić information content (AvgIpc) is 3.34. The molecule has 118 valence electrons. The van der Waals surface area contributed by atoms with Crippen molar-refractivity contribution in [3.8, 4) is 23.0 Å². The second-order valence-electron chi connectivity index (χ2n) is 5.45. The van der Waals surface area contributed by atoms with E-state index in [-0.39, 0.29) is 28.9 Å². The smallest absolute Gasteiger partial charge is 0.198 e. The van der Waals surface area contributed by atoms with Gasteiger partial charge in [0, 0.05) is 6.07 Å². The SMILES string of the molecule is O=C(c1ccc(O)cc1O)[C@@H]1O[C@H]1c1ccc2c(c1)OCCO2. The molecule has 1 saturated heterocycles. The molecule has 2 aromatic carbocycles. The third kappa shape index (κ3) is 2.47. The van der Waals surface area contributed by atoms with Crippen LogP contribution in [0, 0.1) is 0 Å². The predicted molar refractivity (Wildman–Crippen MR) is 79.1 cm³/mol. The summed E-state index contributed by atoms with van der Waals surface area (Å²) in [6.45, 7) is 1.01. The van der Waals surface area contributed by atoms with Crippen LogP contribution in [0.25, 0.3) is 0 Å². The molecule has 0 amide bonds. The molecule has 2 aliphatic rings. The Kier molecular flexibility index (Phi) is 3.12. The van der Waals surface area contributed by atoms with Crippen LogP contribution in [-0.2, 0) is 4.74 Å². The van der Waals surface area contributed by atoms with Crippen LogP contribution in [0.3, 0.4) is 0 Å². The number of benzene rings is 2. The van der Waals surface area contributed by atoms with Crippen molar-refractivity contribution >= 4 is 5.78 Å². The average molecular weight is 314 g/mol. The molecule has 0 bridgehead atoms. The Balaban J connectivity index is 1.54. The summed E-state index contributed by atoms with van der Waals surface area (Å²) in [5.41, 5.74) is 0.957. The summed E-state index contributed by atoms with van der Waals surface area (Å²) in [7, 11) is 0. The van der Waals surface area contributed by atoms with E-state index in [9.17, 15) is 15.0 Å². The molecule has 1 fully saturated rings. The number of Topliss-reactive ketones (excluding diaryl/α,β-unsaturated/α-hetero) is 1. The fourth-order valence-electron chi connectivity index (χ4n) is 2.68. The molecule has 0 radical (unpaired) electrons. The lowest BCUT2D eigenvalue weighted by Gasteiger charge is -2.18. The minimum atomic E-state index is -0.645. The minimum absolute atomic E-state index is 0.0980. The minimum Gasteiger partial charge on any atom is -0.508 e. The van der Waals surface area contributed by atoms with Gasteiger partial charge in [-0.1, -0.05) is 6.07 Å². The number of carbonyl (C=O) groups excluding carboxylic acids is 1. The molecule has 0 aromatic heterocycles. The van der Waals surface area contributed by atoms with Crippen molar-refractivity contribution in [3.63, 3.8) is 0 Å². The fraction of sp³-hybridized carbons (Fsp3) is 0.235. The second-order valence-corrected chi connectivity index (χ2v) is 5.45. The molecule has 2 aromatic rings. The number of aromatic hydroxyl groups is 2. The molecule has 2 atom stereocenters. The van der Waals surface area contributed by atoms with Crippen molar-refractivity contribution in [2.24, 2.45) is 0 Å². The highest BCUT2D eigenvalue weighted by molar-refractivity contribution is 6.03. The highest BCUT2D eigenvalue weighted by Crippen LogP contribution is 2.44. The van der Waals surface area contributed by atoms with Gasteiger partial charge in [0.05, 0.1) is 5.56 Å². The number of hydrogen-bond acceptors (Lipinski definition) is 6. The van der Waals surface area contributed by atoms with Crippen LogP contribution in [0.1, 0.15) is 22.0 Å². The molecule has 6 heteroatoms. The van der Waals surface area contributed by atoms with Gasteiger partial charge >= 0.3 is 0 Å². The van der Waals surface area contributed by atoms with Crippen molar-refractivity contribution in [2.75, 3.05) is 13.2 Å². The topological polar surface area (TPSA) is 88.5 Å². The van der Waals surface area contributed by atoms with E-state index >= 15 is 0 Å². The van der Waals surface area contributed by atoms with Crippen molar-refractivity contribution in [3.05, 3.63) is 47.5 Å². The number of hydrogen-bond donors (Lipinski definition) is 2. The van der Waals surface area contributed by atoms with Crippen molar-refractivity contribution in [2.45, 2.75) is 12.2 Å². The summed E-state index contributed by atoms with van der Waals surface area (Å²) in [4.78, 5) is 12.4.